The molecule has 1 N–H and O–H groups in total. The standard InChI is InChI=1S/C13H17NO2/c1-3-16-12-7-5-4-6-10(12)11-8-13(15)14-9(11)2/h4-7,9,11H,3,8H2,1-2H3,(H,14,15). The van der Waals surface area contributed by atoms with Crippen LogP contribution in [0.2, 0.25) is 0 Å². The topological polar surface area (TPSA) is 38.3 Å². The van der Waals surface area contributed by atoms with Gasteiger partial charge in [-0.15, -0.1) is 0 Å². The van der Waals surface area contributed by atoms with Crippen molar-refractivity contribution in [1.82, 2.24) is 5.32 Å². The average molecular weight is 219 g/mol. The highest BCUT2D eigenvalue weighted by Crippen LogP contribution is 2.34. The first kappa shape index (κ1) is 11.0. The Labute approximate surface area is 95.8 Å². The van der Waals surface area contributed by atoms with Gasteiger partial charge in [0.25, 0.3) is 0 Å². The van der Waals surface area contributed by atoms with E-state index >= 15 is 0 Å². The molecule has 1 fully saturated rings. The first-order valence-electron chi connectivity index (χ1n) is 5.73. The Morgan fingerprint density at radius 1 is 1.44 bits per heavy atom. The maximum atomic E-state index is 11.4. The highest BCUT2D eigenvalue weighted by atomic mass is 16.5. The van der Waals surface area contributed by atoms with Crippen LogP contribution in [-0.2, 0) is 4.79 Å². The molecule has 16 heavy (non-hydrogen) atoms. The Balaban J connectivity index is 2.28. The predicted octanol–water partition coefficient (Wildman–Crippen LogP) is 2.08. The van der Waals surface area contributed by atoms with E-state index in [0.717, 1.165) is 11.3 Å². The molecule has 1 amide bonds. The van der Waals surface area contributed by atoms with Crippen molar-refractivity contribution in [3.05, 3.63) is 29.8 Å². The van der Waals surface area contributed by atoms with Crippen molar-refractivity contribution in [2.75, 3.05) is 6.61 Å². The van der Waals surface area contributed by atoms with Gasteiger partial charge in [-0.3, -0.25) is 4.79 Å². The van der Waals surface area contributed by atoms with Crippen LogP contribution in [-0.4, -0.2) is 18.6 Å². The average Bonchev–Trinajstić information content (AvgIpc) is 2.59. The fourth-order valence-corrected chi connectivity index (χ4v) is 2.24. The Kier molecular flexibility index (Phi) is 3.13. The van der Waals surface area contributed by atoms with Crippen LogP contribution in [0.5, 0.6) is 5.75 Å². The lowest BCUT2D eigenvalue weighted by Crippen LogP contribution is -2.24. The summed E-state index contributed by atoms with van der Waals surface area (Å²) in [4.78, 5) is 11.4. The van der Waals surface area contributed by atoms with Gasteiger partial charge < -0.3 is 10.1 Å². The second-order valence-electron chi connectivity index (χ2n) is 4.14. The third-order valence-corrected chi connectivity index (χ3v) is 3.02. The van der Waals surface area contributed by atoms with Crippen LogP contribution in [0.1, 0.15) is 31.7 Å². The third kappa shape index (κ3) is 2.03. The van der Waals surface area contributed by atoms with Crippen molar-refractivity contribution in [2.24, 2.45) is 0 Å². The molecule has 0 saturated carbocycles. The summed E-state index contributed by atoms with van der Waals surface area (Å²) in [6.45, 7) is 4.66. The van der Waals surface area contributed by atoms with E-state index in [2.05, 4.69) is 5.32 Å². The molecular formula is C13H17NO2. The number of para-hydroxylation sites is 1. The van der Waals surface area contributed by atoms with E-state index in [1.165, 1.54) is 0 Å². The first-order valence-corrected chi connectivity index (χ1v) is 5.73. The van der Waals surface area contributed by atoms with E-state index < -0.39 is 0 Å². The zero-order valence-electron chi connectivity index (χ0n) is 9.69. The van der Waals surface area contributed by atoms with Crippen LogP contribution in [0.4, 0.5) is 0 Å². The van der Waals surface area contributed by atoms with Crippen molar-refractivity contribution < 1.29 is 9.53 Å². The van der Waals surface area contributed by atoms with Gasteiger partial charge in [-0.1, -0.05) is 18.2 Å². The number of hydrogen-bond acceptors (Lipinski definition) is 2. The molecule has 2 atom stereocenters. The van der Waals surface area contributed by atoms with Crippen molar-refractivity contribution in [3.8, 4) is 5.75 Å². The van der Waals surface area contributed by atoms with Gasteiger partial charge in [0.05, 0.1) is 6.61 Å². The second kappa shape index (κ2) is 4.56. The van der Waals surface area contributed by atoms with Crippen LogP contribution in [0.25, 0.3) is 0 Å². The van der Waals surface area contributed by atoms with E-state index in [0.29, 0.717) is 13.0 Å². The van der Waals surface area contributed by atoms with E-state index in [4.69, 9.17) is 4.74 Å². The SMILES string of the molecule is CCOc1ccccc1C1CC(=O)NC1C. The number of benzene rings is 1. The lowest BCUT2D eigenvalue weighted by molar-refractivity contribution is -0.119. The first-order chi connectivity index (χ1) is 7.72. The molecule has 0 radical (unpaired) electrons. The number of rotatable bonds is 3. The smallest absolute Gasteiger partial charge is 0.220 e. The molecule has 1 aliphatic rings. The second-order valence-corrected chi connectivity index (χ2v) is 4.14. The number of ether oxygens (including phenoxy) is 1. The lowest BCUT2D eigenvalue weighted by Gasteiger charge is -2.18. The van der Waals surface area contributed by atoms with Crippen LogP contribution < -0.4 is 10.1 Å². The van der Waals surface area contributed by atoms with E-state index in [1.807, 2.05) is 38.1 Å². The molecule has 1 saturated heterocycles. The molecule has 1 aromatic rings. The monoisotopic (exact) mass is 219 g/mol. The molecule has 86 valence electrons. The van der Waals surface area contributed by atoms with Crippen molar-refractivity contribution >= 4 is 5.91 Å². The Morgan fingerprint density at radius 3 is 2.81 bits per heavy atom. The van der Waals surface area contributed by atoms with Crippen molar-refractivity contribution in [3.63, 3.8) is 0 Å². The lowest BCUT2D eigenvalue weighted by atomic mass is 9.92. The summed E-state index contributed by atoms with van der Waals surface area (Å²) >= 11 is 0. The maximum absolute atomic E-state index is 11.4. The van der Waals surface area contributed by atoms with Crippen LogP contribution in [0, 0.1) is 0 Å². The summed E-state index contributed by atoms with van der Waals surface area (Å²) in [5.74, 6) is 1.26. The summed E-state index contributed by atoms with van der Waals surface area (Å²) in [5.41, 5.74) is 1.13. The molecule has 0 spiro atoms. The van der Waals surface area contributed by atoms with Gasteiger partial charge in [-0.05, 0) is 25.5 Å². The third-order valence-electron chi connectivity index (χ3n) is 3.02. The van der Waals surface area contributed by atoms with Gasteiger partial charge in [-0.25, -0.2) is 0 Å². The normalized spacial score (nSPS) is 24.2. The van der Waals surface area contributed by atoms with E-state index in [1.54, 1.807) is 0 Å². The molecule has 0 bridgehead atoms. The summed E-state index contributed by atoms with van der Waals surface area (Å²) in [6.07, 6.45) is 0.561. The number of carbonyl (C=O) groups is 1. The van der Waals surface area contributed by atoms with Gasteiger partial charge in [0.15, 0.2) is 0 Å². The van der Waals surface area contributed by atoms with Gasteiger partial charge >= 0.3 is 0 Å². The Morgan fingerprint density at radius 2 is 2.19 bits per heavy atom. The number of amides is 1. The summed E-state index contributed by atoms with van der Waals surface area (Å²) in [7, 11) is 0. The molecule has 3 nitrogen and oxygen atoms in total. The van der Waals surface area contributed by atoms with Crippen molar-refractivity contribution in [1.29, 1.82) is 0 Å². The number of hydrogen-bond donors (Lipinski definition) is 1. The van der Waals surface area contributed by atoms with Gasteiger partial charge in [0.1, 0.15) is 5.75 Å². The fraction of sp³-hybridized carbons (Fsp3) is 0.462. The quantitative estimate of drug-likeness (QED) is 0.845. The van der Waals surface area contributed by atoms with Gasteiger partial charge in [0, 0.05) is 18.4 Å². The Hall–Kier alpha value is -1.51. The van der Waals surface area contributed by atoms with Crippen molar-refractivity contribution in [2.45, 2.75) is 32.2 Å². The highest BCUT2D eigenvalue weighted by molar-refractivity contribution is 5.80. The maximum Gasteiger partial charge on any atom is 0.220 e. The van der Waals surface area contributed by atoms with Gasteiger partial charge in [0.2, 0.25) is 5.91 Å². The molecule has 0 aromatic heterocycles. The zero-order valence-corrected chi connectivity index (χ0v) is 9.69. The van der Waals surface area contributed by atoms with Crippen LogP contribution >= 0.6 is 0 Å². The molecule has 1 aliphatic heterocycles. The minimum Gasteiger partial charge on any atom is -0.494 e. The van der Waals surface area contributed by atoms with Crippen LogP contribution in [0.15, 0.2) is 24.3 Å². The number of nitrogens with one attached hydrogen (secondary N) is 1. The predicted molar refractivity (Wildman–Crippen MR) is 62.6 cm³/mol. The van der Waals surface area contributed by atoms with E-state index in [9.17, 15) is 4.79 Å². The number of carbonyl (C=O) groups excluding carboxylic acids is 1. The Bertz CT molecular complexity index is 389. The summed E-state index contributed by atoms with van der Waals surface area (Å²) in [5, 5.41) is 2.94. The molecule has 2 rings (SSSR count). The molecule has 0 aliphatic carbocycles. The summed E-state index contributed by atoms with van der Waals surface area (Å²) in [6, 6.07) is 8.16. The minimum absolute atomic E-state index is 0.129. The highest BCUT2D eigenvalue weighted by Gasteiger charge is 2.31. The minimum atomic E-state index is 0.129. The molecule has 1 heterocycles. The molecular weight excluding hydrogens is 202 g/mol. The molecule has 3 heteroatoms. The van der Waals surface area contributed by atoms with E-state index in [-0.39, 0.29) is 17.9 Å². The van der Waals surface area contributed by atoms with Crippen LogP contribution in [0.3, 0.4) is 0 Å². The summed E-state index contributed by atoms with van der Waals surface area (Å²) < 4.78 is 5.59. The molecule has 2 unspecified atom stereocenters. The van der Waals surface area contributed by atoms with Gasteiger partial charge in [-0.2, -0.15) is 0 Å². The molecule has 1 aromatic carbocycles. The largest absolute Gasteiger partial charge is 0.494 e. The fourth-order valence-electron chi connectivity index (χ4n) is 2.24. The zero-order chi connectivity index (χ0) is 11.5.